The molecule has 0 bridgehead atoms. The average molecular weight is 277 g/mol. The Labute approximate surface area is 120 Å². The molecule has 20 heavy (non-hydrogen) atoms. The molecule has 2 rings (SSSR count). The molecule has 2 N–H and O–H groups in total. The van der Waals surface area contributed by atoms with Crippen LogP contribution in [0.25, 0.3) is 0 Å². The van der Waals surface area contributed by atoms with Gasteiger partial charge in [0, 0.05) is 31.9 Å². The molecule has 0 aromatic heterocycles. The Morgan fingerprint density at radius 1 is 1.20 bits per heavy atom. The first kappa shape index (κ1) is 14.7. The number of methoxy groups -OCH3 is 1. The molecule has 0 radical (unpaired) electrons. The van der Waals surface area contributed by atoms with Crippen LogP contribution in [-0.2, 0) is 4.79 Å². The largest absolute Gasteiger partial charge is 0.497 e. The maximum atomic E-state index is 11.3. The van der Waals surface area contributed by atoms with Crippen LogP contribution in [0.4, 0.5) is 5.69 Å². The molecule has 110 valence electrons. The third-order valence-corrected chi connectivity index (χ3v) is 3.93. The van der Waals surface area contributed by atoms with Crippen LogP contribution >= 0.6 is 0 Å². The van der Waals surface area contributed by atoms with Crippen molar-refractivity contribution in [2.45, 2.75) is 19.4 Å². The lowest BCUT2D eigenvalue weighted by Crippen LogP contribution is -2.44. The summed E-state index contributed by atoms with van der Waals surface area (Å²) < 4.78 is 5.18. The first-order valence-corrected chi connectivity index (χ1v) is 7.04. The lowest BCUT2D eigenvalue weighted by atomic mass is 10.2. The van der Waals surface area contributed by atoms with Crippen molar-refractivity contribution in [2.24, 2.45) is 5.73 Å². The number of amides is 1. The summed E-state index contributed by atoms with van der Waals surface area (Å²) in [5.41, 5.74) is 6.58. The normalized spacial score (nSPS) is 18.4. The van der Waals surface area contributed by atoms with E-state index in [4.69, 9.17) is 10.5 Å². The van der Waals surface area contributed by atoms with E-state index in [2.05, 4.69) is 21.9 Å². The molecule has 1 aromatic rings. The van der Waals surface area contributed by atoms with Crippen LogP contribution in [-0.4, -0.2) is 50.1 Å². The van der Waals surface area contributed by atoms with E-state index in [-0.39, 0.29) is 11.9 Å². The van der Waals surface area contributed by atoms with Crippen molar-refractivity contribution in [1.29, 1.82) is 0 Å². The molecular weight excluding hydrogens is 254 g/mol. The Morgan fingerprint density at radius 2 is 1.90 bits per heavy atom. The summed E-state index contributed by atoms with van der Waals surface area (Å²) in [7, 11) is 1.67. The van der Waals surface area contributed by atoms with E-state index < -0.39 is 0 Å². The highest BCUT2D eigenvalue weighted by atomic mass is 16.5. The predicted molar refractivity (Wildman–Crippen MR) is 80.1 cm³/mol. The van der Waals surface area contributed by atoms with Crippen molar-refractivity contribution in [2.75, 3.05) is 38.2 Å². The van der Waals surface area contributed by atoms with Crippen molar-refractivity contribution in [3.05, 3.63) is 24.3 Å². The van der Waals surface area contributed by atoms with Crippen molar-refractivity contribution >= 4 is 11.6 Å². The molecule has 0 aliphatic carbocycles. The molecule has 1 fully saturated rings. The van der Waals surface area contributed by atoms with Crippen LogP contribution in [0.5, 0.6) is 5.75 Å². The molecule has 1 aliphatic rings. The van der Waals surface area contributed by atoms with Crippen molar-refractivity contribution in [1.82, 2.24) is 4.90 Å². The molecule has 1 atom stereocenters. The molecular formula is C15H23N3O2. The lowest BCUT2D eigenvalue weighted by molar-refractivity contribution is -0.122. The zero-order chi connectivity index (χ0) is 14.5. The Kier molecular flexibility index (Phi) is 4.84. The molecule has 1 aromatic carbocycles. The van der Waals surface area contributed by atoms with E-state index in [1.807, 2.05) is 19.1 Å². The second-order valence-electron chi connectivity index (χ2n) is 5.15. The maximum Gasteiger partial charge on any atom is 0.234 e. The standard InChI is InChI=1S/C15H23N3O2/c1-12(15(16)19)17-8-3-9-18(11-10-17)13-4-6-14(20-2)7-5-13/h4-7,12H,3,8-11H2,1-2H3,(H2,16,19)/t12-/m1/s1. The van der Waals surface area contributed by atoms with Crippen molar-refractivity contribution < 1.29 is 9.53 Å². The molecule has 0 spiro atoms. The highest BCUT2D eigenvalue weighted by molar-refractivity contribution is 5.79. The fraction of sp³-hybridized carbons (Fsp3) is 0.533. The van der Waals surface area contributed by atoms with Crippen LogP contribution in [0, 0.1) is 0 Å². The SMILES string of the molecule is COc1ccc(N2CCCN([C@H](C)C(N)=O)CC2)cc1. The molecule has 1 heterocycles. The monoisotopic (exact) mass is 277 g/mol. The molecule has 1 aliphatic heterocycles. The van der Waals surface area contributed by atoms with Crippen LogP contribution in [0.2, 0.25) is 0 Å². The van der Waals surface area contributed by atoms with Gasteiger partial charge in [-0.1, -0.05) is 0 Å². The number of ether oxygens (including phenoxy) is 1. The fourth-order valence-corrected chi connectivity index (χ4v) is 2.56. The summed E-state index contributed by atoms with van der Waals surface area (Å²) in [5.74, 6) is 0.621. The van der Waals surface area contributed by atoms with Gasteiger partial charge in [0.05, 0.1) is 13.2 Å². The summed E-state index contributed by atoms with van der Waals surface area (Å²) in [6.07, 6.45) is 1.03. The van der Waals surface area contributed by atoms with Gasteiger partial charge in [0.2, 0.25) is 5.91 Å². The van der Waals surface area contributed by atoms with Gasteiger partial charge in [-0.15, -0.1) is 0 Å². The van der Waals surface area contributed by atoms with Crippen LogP contribution in [0.1, 0.15) is 13.3 Å². The maximum absolute atomic E-state index is 11.3. The van der Waals surface area contributed by atoms with Crippen molar-refractivity contribution in [3.8, 4) is 5.75 Å². The number of rotatable bonds is 4. The van der Waals surface area contributed by atoms with Gasteiger partial charge < -0.3 is 15.4 Å². The number of hydrogen-bond acceptors (Lipinski definition) is 4. The second-order valence-corrected chi connectivity index (χ2v) is 5.15. The van der Waals surface area contributed by atoms with E-state index in [0.29, 0.717) is 0 Å². The van der Waals surface area contributed by atoms with Gasteiger partial charge in [-0.25, -0.2) is 0 Å². The van der Waals surface area contributed by atoms with Gasteiger partial charge in [0.15, 0.2) is 0 Å². The number of hydrogen-bond donors (Lipinski definition) is 1. The van der Waals surface area contributed by atoms with Gasteiger partial charge >= 0.3 is 0 Å². The summed E-state index contributed by atoms with van der Waals surface area (Å²) >= 11 is 0. The Hall–Kier alpha value is -1.75. The number of nitrogens with zero attached hydrogens (tertiary/aromatic N) is 2. The predicted octanol–water partition coefficient (Wildman–Crippen LogP) is 1.08. The zero-order valence-electron chi connectivity index (χ0n) is 12.2. The topological polar surface area (TPSA) is 58.8 Å². The van der Waals surface area contributed by atoms with Gasteiger partial charge in [-0.2, -0.15) is 0 Å². The van der Waals surface area contributed by atoms with E-state index in [1.54, 1.807) is 7.11 Å². The number of carbonyl (C=O) groups excluding carboxylic acids is 1. The van der Waals surface area contributed by atoms with Crippen LogP contribution in [0.3, 0.4) is 0 Å². The zero-order valence-corrected chi connectivity index (χ0v) is 12.2. The van der Waals surface area contributed by atoms with E-state index >= 15 is 0 Å². The average Bonchev–Trinajstić information content (AvgIpc) is 2.72. The molecule has 5 heteroatoms. The van der Waals surface area contributed by atoms with Crippen LogP contribution in [0.15, 0.2) is 24.3 Å². The molecule has 1 saturated heterocycles. The molecule has 1 amide bonds. The van der Waals surface area contributed by atoms with Gasteiger partial charge in [0.1, 0.15) is 5.75 Å². The van der Waals surface area contributed by atoms with E-state index in [0.717, 1.165) is 38.3 Å². The molecule has 0 unspecified atom stereocenters. The third-order valence-electron chi connectivity index (χ3n) is 3.93. The van der Waals surface area contributed by atoms with Gasteiger partial charge in [0.25, 0.3) is 0 Å². The summed E-state index contributed by atoms with van der Waals surface area (Å²) in [4.78, 5) is 15.8. The second kappa shape index (κ2) is 6.61. The Morgan fingerprint density at radius 3 is 2.50 bits per heavy atom. The number of primary amides is 1. The highest BCUT2D eigenvalue weighted by Crippen LogP contribution is 2.20. The van der Waals surface area contributed by atoms with Gasteiger partial charge in [-0.05, 0) is 37.6 Å². The van der Waals surface area contributed by atoms with Gasteiger partial charge in [-0.3, -0.25) is 9.69 Å². The Bertz CT molecular complexity index is 447. The minimum Gasteiger partial charge on any atom is -0.497 e. The first-order valence-electron chi connectivity index (χ1n) is 7.04. The van der Waals surface area contributed by atoms with E-state index in [9.17, 15) is 4.79 Å². The lowest BCUT2D eigenvalue weighted by Gasteiger charge is -2.26. The quantitative estimate of drug-likeness (QED) is 0.895. The van der Waals surface area contributed by atoms with Crippen molar-refractivity contribution in [3.63, 3.8) is 0 Å². The molecule has 0 saturated carbocycles. The first-order chi connectivity index (χ1) is 9.61. The number of benzene rings is 1. The smallest absolute Gasteiger partial charge is 0.234 e. The molecule has 5 nitrogen and oxygen atoms in total. The highest BCUT2D eigenvalue weighted by Gasteiger charge is 2.22. The summed E-state index contributed by atoms with van der Waals surface area (Å²) in [5, 5.41) is 0. The summed E-state index contributed by atoms with van der Waals surface area (Å²) in [6, 6.07) is 7.91. The Balaban J connectivity index is 1.99. The number of carbonyl (C=O) groups is 1. The van der Waals surface area contributed by atoms with Crippen LogP contribution < -0.4 is 15.4 Å². The minimum atomic E-state index is -0.247. The number of anilines is 1. The summed E-state index contributed by atoms with van der Waals surface area (Å²) in [6.45, 7) is 5.55. The fourth-order valence-electron chi connectivity index (χ4n) is 2.56. The van der Waals surface area contributed by atoms with E-state index in [1.165, 1.54) is 5.69 Å². The minimum absolute atomic E-state index is 0.189. The third kappa shape index (κ3) is 3.42. The number of nitrogens with two attached hydrogens (primary N) is 1.